The molecule has 0 bridgehead atoms. The Bertz CT molecular complexity index is 254. The Morgan fingerprint density at radius 2 is 2.45 bits per heavy atom. The fourth-order valence-electron chi connectivity index (χ4n) is 0.834. The minimum absolute atomic E-state index is 0.202. The molecule has 0 aromatic carbocycles. The molecule has 0 atom stereocenters. The predicted octanol–water partition coefficient (Wildman–Crippen LogP) is 2.62. The van der Waals surface area contributed by atoms with Gasteiger partial charge in [0.15, 0.2) is 0 Å². The van der Waals surface area contributed by atoms with Crippen LogP contribution in [0, 0.1) is 0 Å². The third-order valence-electron chi connectivity index (χ3n) is 1.29. The summed E-state index contributed by atoms with van der Waals surface area (Å²) in [5.41, 5.74) is 1.10. The van der Waals surface area contributed by atoms with Gasteiger partial charge in [0.25, 0.3) is 0 Å². The van der Waals surface area contributed by atoms with Crippen LogP contribution in [0.4, 0.5) is 0 Å². The molecule has 0 fully saturated rings. The Kier molecular flexibility index (Phi) is 3.09. The van der Waals surface area contributed by atoms with Crippen LogP contribution in [0.2, 0.25) is 0 Å². The molecule has 1 aromatic heterocycles. The molecule has 0 saturated heterocycles. The number of ketones is 1. The lowest BCUT2D eigenvalue weighted by molar-refractivity contribution is -0.116. The van der Waals surface area contributed by atoms with E-state index in [0.29, 0.717) is 12.3 Å². The Morgan fingerprint density at radius 3 is 2.91 bits per heavy atom. The number of rotatable bonds is 3. The summed E-state index contributed by atoms with van der Waals surface area (Å²) in [4.78, 5) is 11.8. The van der Waals surface area contributed by atoms with Crippen molar-refractivity contribution in [3.63, 3.8) is 0 Å². The molecule has 1 nitrogen and oxygen atoms in total. The normalized spacial score (nSPS) is 10.0. The largest absolute Gasteiger partial charge is 0.300 e. The molecule has 1 aromatic rings. The molecule has 0 radical (unpaired) electrons. The van der Waals surface area contributed by atoms with Crippen molar-refractivity contribution in [3.8, 4) is 0 Å². The van der Waals surface area contributed by atoms with E-state index in [1.54, 1.807) is 18.3 Å². The molecule has 0 aliphatic heterocycles. The van der Waals surface area contributed by atoms with Crippen molar-refractivity contribution in [1.29, 1.82) is 0 Å². The number of halogens is 1. The summed E-state index contributed by atoms with van der Waals surface area (Å²) in [6.45, 7) is 1.60. The molecule has 0 amide bonds. The van der Waals surface area contributed by atoms with Gasteiger partial charge < -0.3 is 0 Å². The first-order chi connectivity index (χ1) is 5.22. The van der Waals surface area contributed by atoms with Crippen molar-refractivity contribution in [2.45, 2.75) is 19.2 Å². The molecule has 1 rings (SSSR count). The van der Waals surface area contributed by atoms with Crippen molar-refractivity contribution in [1.82, 2.24) is 0 Å². The Balaban J connectivity index is 2.65. The molecule has 11 heavy (non-hydrogen) atoms. The fourth-order valence-corrected chi connectivity index (χ4v) is 2.04. The predicted molar refractivity (Wildman–Crippen MR) is 48.3 cm³/mol. The Labute approximate surface area is 75.0 Å². The molecule has 0 aliphatic rings. The maximum absolute atomic E-state index is 10.7. The zero-order chi connectivity index (χ0) is 8.27. The van der Waals surface area contributed by atoms with Crippen LogP contribution in [0.1, 0.15) is 17.4 Å². The van der Waals surface area contributed by atoms with E-state index in [1.807, 2.05) is 11.4 Å². The Hall–Kier alpha value is -0.340. The van der Waals surface area contributed by atoms with Gasteiger partial charge in [0.05, 0.1) is 0 Å². The summed E-state index contributed by atoms with van der Waals surface area (Å²) in [6.07, 6.45) is 0.543. The van der Waals surface area contributed by atoms with Crippen LogP contribution in [0.3, 0.4) is 0 Å². The van der Waals surface area contributed by atoms with E-state index in [9.17, 15) is 4.79 Å². The first-order valence-electron chi connectivity index (χ1n) is 3.34. The van der Waals surface area contributed by atoms with Crippen molar-refractivity contribution >= 4 is 28.7 Å². The van der Waals surface area contributed by atoms with Gasteiger partial charge in [-0.3, -0.25) is 4.79 Å². The van der Waals surface area contributed by atoms with E-state index in [4.69, 9.17) is 11.6 Å². The van der Waals surface area contributed by atoms with Crippen molar-refractivity contribution < 1.29 is 4.79 Å². The van der Waals surface area contributed by atoms with Gasteiger partial charge in [-0.1, -0.05) is 0 Å². The first kappa shape index (κ1) is 8.75. The highest BCUT2D eigenvalue weighted by Crippen LogP contribution is 2.16. The molecule has 3 heteroatoms. The fraction of sp³-hybridized carbons (Fsp3) is 0.375. The monoisotopic (exact) mass is 188 g/mol. The SMILES string of the molecule is CC(=O)Cc1cc(CCl)cs1. The Morgan fingerprint density at radius 1 is 1.73 bits per heavy atom. The van der Waals surface area contributed by atoms with E-state index in [-0.39, 0.29) is 5.78 Å². The third kappa shape index (κ3) is 2.64. The van der Waals surface area contributed by atoms with Crippen LogP contribution in [0.5, 0.6) is 0 Å². The molecule has 0 aliphatic carbocycles. The number of hydrogen-bond donors (Lipinski definition) is 0. The van der Waals surface area contributed by atoms with Crippen molar-refractivity contribution in [2.24, 2.45) is 0 Å². The minimum Gasteiger partial charge on any atom is -0.300 e. The smallest absolute Gasteiger partial charge is 0.135 e. The highest BCUT2D eigenvalue weighted by molar-refractivity contribution is 7.10. The lowest BCUT2D eigenvalue weighted by Crippen LogP contribution is -1.92. The summed E-state index contributed by atoms with van der Waals surface area (Å²) in [6, 6.07) is 1.99. The molecule has 0 N–H and O–H groups in total. The molecule has 0 spiro atoms. The number of Topliss-reactive ketones (excluding diaryl/α,β-unsaturated/α-hetero) is 1. The molecule has 1 heterocycles. The highest BCUT2D eigenvalue weighted by Gasteiger charge is 2.00. The molecular formula is C8H9ClOS. The van der Waals surface area contributed by atoms with Gasteiger partial charge in [0, 0.05) is 17.2 Å². The van der Waals surface area contributed by atoms with Crippen LogP contribution < -0.4 is 0 Å². The quantitative estimate of drug-likeness (QED) is 0.667. The lowest BCUT2D eigenvalue weighted by Gasteiger charge is -1.87. The van der Waals surface area contributed by atoms with Gasteiger partial charge >= 0.3 is 0 Å². The van der Waals surface area contributed by atoms with E-state index < -0.39 is 0 Å². The number of thiophene rings is 1. The second-order valence-corrected chi connectivity index (χ2v) is 3.70. The average molecular weight is 189 g/mol. The van der Waals surface area contributed by atoms with E-state index >= 15 is 0 Å². The maximum atomic E-state index is 10.7. The lowest BCUT2D eigenvalue weighted by atomic mass is 10.2. The van der Waals surface area contributed by atoms with Gasteiger partial charge in [-0.2, -0.15) is 0 Å². The summed E-state index contributed by atoms with van der Waals surface area (Å²) in [5, 5.41) is 1.99. The van der Waals surface area contributed by atoms with Gasteiger partial charge in [-0.05, 0) is 23.9 Å². The third-order valence-corrected chi connectivity index (χ3v) is 2.58. The molecular weight excluding hydrogens is 180 g/mol. The number of carbonyl (C=O) groups excluding carboxylic acids is 1. The van der Waals surface area contributed by atoms with Gasteiger partial charge in [0.2, 0.25) is 0 Å². The summed E-state index contributed by atoms with van der Waals surface area (Å²) >= 11 is 7.20. The number of carbonyl (C=O) groups is 1. The maximum Gasteiger partial charge on any atom is 0.135 e. The van der Waals surface area contributed by atoms with Crippen LogP contribution in [-0.4, -0.2) is 5.78 Å². The van der Waals surface area contributed by atoms with Crippen molar-refractivity contribution in [2.75, 3.05) is 0 Å². The molecule has 60 valence electrons. The van der Waals surface area contributed by atoms with Crippen LogP contribution in [0.25, 0.3) is 0 Å². The van der Waals surface area contributed by atoms with Crippen molar-refractivity contribution in [3.05, 3.63) is 21.9 Å². The zero-order valence-electron chi connectivity index (χ0n) is 6.26. The van der Waals surface area contributed by atoms with Crippen LogP contribution in [-0.2, 0) is 17.1 Å². The highest BCUT2D eigenvalue weighted by atomic mass is 35.5. The summed E-state index contributed by atoms with van der Waals surface area (Å²) in [7, 11) is 0. The second kappa shape index (κ2) is 3.88. The van der Waals surface area contributed by atoms with E-state index in [0.717, 1.165) is 10.4 Å². The van der Waals surface area contributed by atoms with E-state index in [1.165, 1.54) is 0 Å². The average Bonchev–Trinajstić information content (AvgIpc) is 2.34. The molecule has 0 unspecified atom stereocenters. The van der Waals surface area contributed by atoms with Crippen LogP contribution in [0.15, 0.2) is 11.4 Å². The second-order valence-electron chi connectivity index (χ2n) is 2.43. The minimum atomic E-state index is 0.202. The van der Waals surface area contributed by atoms with Gasteiger partial charge in [-0.15, -0.1) is 22.9 Å². The van der Waals surface area contributed by atoms with Crippen LogP contribution >= 0.6 is 22.9 Å². The number of hydrogen-bond acceptors (Lipinski definition) is 2. The summed E-state index contributed by atoms with van der Waals surface area (Å²) < 4.78 is 0. The summed E-state index contributed by atoms with van der Waals surface area (Å²) in [5.74, 6) is 0.738. The standard InChI is InChI=1S/C8H9ClOS/c1-6(10)2-8-3-7(4-9)5-11-8/h3,5H,2,4H2,1H3. The number of alkyl halides is 1. The topological polar surface area (TPSA) is 17.1 Å². The van der Waals surface area contributed by atoms with Gasteiger partial charge in [0.1, 0.15) is 5.78 Å². The van der Waals surface area contributed by atoms with E-state index in [2.05, 4.69) is 0 Å². The zero-order valence-corrected chi connectivity index (χ0v) is 7.84. The first-order valence-corrected chi connectivity index (χ1v) is 4.75. The van der Waals surface area contributed by atoms with Gasteiger partial charge in [-0.25, -0.2) is 0 Å². The molecule has 0 saturated carbocycles.